The molecule has 2 aromatic rings. The molecule has 2 rings (SSSR count). The first-order valence-corrected chi connectivity index (χ1v) is 6.67. The summed E-state index contributed by atoms with van der Waals surface area (Å²) in [7, 11) is 0. The number of ether oxygens (including phenoxy) is 1. The van der Waals surface area contributed by atoms with Gasteiger partial charge in [0.1, 0.15) is 11.8 Å². The van der Waals surface area contributed by atoms with Crippen LogP contribution in [0.5, 0.6) is 5.75 Å². The molecule has 0 aliphatic carbocycles. The molecular formula is C17H18N2O. The summed E-state index contributed by atoms with van der Waals surface area (Å²) in [6.07, 6.45) is 0.118. The lowest BCUT2D eigenvalue weighted by Crippen LogP contribution is -2.10. The molecule has 0 saturated heterocycles. The minimum Gasteiger partial charge on any atom is -0.491 e. The van der Waals surface area contributed by atoms with Crippen LogP contribution in [0.25, 0.3) is 0 Å². The van der Waals surface area contributed by atoms with Gasteiger partial charge in [-0.1, -0.05) is 30.3 Å². The van der Waals surface area contributed by atoms with Crippen molar-refractivity contribution in [3.63, 3.8) is 0 Å². The summed E-state index contributed by atoms with van der Waals surface area (Å²) in [4.78, 5) is 0. The Labute approximate surface area is 119 Å². The molecule has 20 heavy (non-hydrogen) atoms. The molecule has 0 heterocycles. The zero-order valence-electron chi connectivity index (χ0n) is 11.7. The van der Waals surface area contributed by atoms with Crippen LogP contribution in [0.1, 0.15) is 25.5 Å². The maximum atomic E-state index is 9.36. The molecule has 0 aromatic heterocycles. The van der Waals surface area contributed by atoms with E-state index in [0.717, 1.165) is 17.0 Å². The Kier molecular flexibility index (Phi) is 4.62. The lowest BCUT2D eigenvalue weighted by Gasteiger charge is -2.15. The number of nitriles is 1. The Morgan fingerprint density at radius 1 is 1.05 bits per heavy atom. The topological polar surface area (TPSA) is 45.0 Å². The van der Waals surface area contributed by atoms with Crippen molar-refractivity contribution in [2.75, 3.05) is 5.32 Å². The summed E-state index contributed by atoms with van der Waals surface area (Å²) in [5.41, 5.74) is 1.82. The predicted molar refractivity (Wildman–Crippen MR) is 80.6 cm³/mol. The normalized spacial score (nSPS) is 11.7. The van der Waals surface area contributed by atoms with E-state index < -0.39 is 6.04 Å². The van der Waals surface area contributed by atoms with E-state index in [-0.39, 0.29) is 6.10 Å². The fraction of sp³-hybridized carbons (Fsp3) is 0.235. The SMILES string of the molecule is CC(C)Oc1cccc(C(C#N)Nc2ccccc2)c1. The van der Waals surface area contributed by atoms with Crippen molar-refractivity contribution < 1.29 is 4.74 Å². The number of nitrogens with zero attached hydrogens (tertiary/aromatic N) is 1. The highest BCUT2D eigenvalue weighted by atomic mass is 16.5. The quantitative estimate of drug-likeness (QED) is 0.884. The van der Waals surface area contributed by atoms with Crippen LogP contribution in [0.4, 0.5) is 5.69 Å². The molecule has 3 heteroatoms. The summed E-state index contributed by atoms with van der Waals surface area (Å²) in [6, 6.07) is 19.2. The van der Waals surface area contributed by atoms with E-state index in [0.29, 0.717) is 0 Å². The van der Waals surface area contributed by atoms with Gasteiger partial charge in [0.2, 0.25) is 0 Å². The minimum absolute atomic E-state index is 0.118. The maximum Gasteiger partial charge on any atom is 0.140 e. The third-order valence-electron chi connectivity index (χ3n) is 2.78. The molecule has 1 atom stereocenters. The second-order valence-electron chi connectivity index (χ2n) is 4.81. The molecule has 1 N–H and O–H groups in total. The molecule has 3 nitrogen and oxygen atoms in total. The smallest absolute Gasteiger partial charge is 0.140 e. The third-order valence-corrected chi connectivity index (χ3v) is 2.78. The van der Waals surface area contributed by atoms with Gasteiger partial charge < -0.3 is 10.1 Å². The number of nitrogens with one attached hydrogen (secondary N) is 1. The monoisotopic (exact) mass is 266 g/mol. The Balaban J connectivity index is 2.17. The average Bonchev–Trinajstić information content (AvgIpc) is 2.45. The summed E-state index contributed by atoms with van der Waals surface area (Å²) in [5, 5.41) is 12.6. The van der Waals surface area contributed by atoms with Crippen molar-refractivity contribution >= 4 is 5.69 Å². The van der Waals surface area contributed by atoms with Gasteiger partial charge in [0, 0.05) is 5.69 Å². The van der Waals surface area contributed by atoms with E-state index in [1.165, 1.54) is 0 Å². The number of hydrogen-bond donors (Lipinski definition) is 1. The molecule has 2 aromatic carbocycles. The van der Waals surface area contributed by atoms with Gasteiger partial charge in [0.25, 0.3) is 0 Å². The molecule has 0 aliphatic rings. The summed E-state index contributed by atoms with van der Waals surface area (Å²) < 4.78 is 5.66. The first-order valence-electron chi connectivity index (χ1n) is 6.67. The molecule has 102 valence electrons. The van der Waals surface area contributed by atoms with Crippen molar-refractivity contribution in [1.82, 2.24) is 0 Å². The first kappa shape index (κ1) is 14.0. The van der Waals surface area contributed by atoms with Crippen LogP contribution >= 0.6 is 0 Å². The molecule has 0 saturated carbocycles. The Morgan fingerprint density at radius 2 is 1.80 bits per heavy atom. The largest absolute Gasteiger partial charge is 0.491 e. The van der Waals surface area contributed by atoms with Gasteiger partial charge >= 0.3 is 0 Å². The number of anilines is 1. The Morgan fingerprint density at radius 3 is 2.45 bits per heavy atom. The van der Waals surface area contributed by atoms with Crippen LogP contribution in [0.3, 0.4) is 0 Å². The average molecular weight is 266 g/mol. The molecule has 0 amide bonds. The Hall–Kier alpha value is -2.47. The van der Waals surface area contributed by atoms with Crippen LogP contribution in [-0.2, 0) is 0 Å². The molecule has 0 fully saturated rings. The molecule has 0 bridgehead atoms. The summed E-state index contributed by atoms with van der Waals surface area (Å²) >= 11 is 0. The highest BCUT2D eigenvalue weighted by Crippen LogP contribution is 2.23. The van der Waals surface area contributed by atoms with E-state index in [4.69, 9.17) is 4.74 Å². The number of rotatable bonds is 5. The van der Waals surface area contributed by atoms with Gasteiger partial charge in [-0.3, -0.25) is 0 Å². The second-order valence-corrected chi connectivity index (χ2v) is 4.81. The van der Waals surface area contributed by atoms with Crippen molar-refractivity contribution in [2.45, 2.75) is 26.0 Å². The molecular weight excluding hydrogens is 248 g/mol. The van der Waals surface area contributed by atoms with E-state index in [9.17, 15) is 5.26 Å². The summed E-state index contributed by atoms with van der Waals surface area (Å²) in [6.45, 7) is 3.97. The van der Waals surface area contributed by atoms with E-state index >= 15 is 0 Å². The van der Waals surface area contributed by atoms with Crippen molar-refractivity contribution in [3.8, 4) is 11.8 Å². The van der Waals surface area contributed by atoms with Gasteiger partial charge in [-0.2, -0.15) is 5.26 Å². The van der Waals surface area contributed by atoms with Crippen molar-refractivity contribution in [3.05, 3.63) is 60.2 Å². The lowest BCUT2D eigenvalue weighted by molar-refractivity contribution is 0.242. The minimum atomic E-state index is -0.395. The predicted octanol–water partition coefficient (Wildman–Crippen LogP) is 4.15. The van der Waals surface area contributed by atoms with E-state index in [2.05, 4.69) is 11.4 Å². The van der Waals surface area contributed by atoms with Crippen LogP contribution < -0.4 is 10.1 Å². The van der Waals surface area contributed by atoms with Crippen LogP contribution in [0, 0.1) is 11.3 Å². The highest BCUT2D eigenvalue weighted by molar-refractivity contribution is 5.48. The summed E-state index contributed by atoms with van der Waals surface area (Å²) in [5.74, 6) is 0.785. The number of hydrogen-bond acceptors (Lipinski definition) is 3. The maximum absolute atomic E-state index is 9.36. The van der Waals surface area contributed by atoms with Gasteiger partial charge in [-0.05, 0) is 43.7 Å². The first-order chi connectivity index (χ1) is 9.69. The Bertz CT molecular complexity index is 587. The van der Waals surface area contributed by atoms with E-state index in [1.807, 2.05) is 68.4 Å². The van der Waals surface area contributed by atoms with Gasteiger partial charge in [0.05, 0.1) is 12.2 Å². The van der Waals surface area contributed by atoms with Crippen molar-refractivity contribution in [2.24, 2.45) is 0 Å². The van der Waals surface area contributed by atoms with E-state index in [1.54, 1.807) is 0 Å². The highest BCUT2D eigenvalue weighted by Gasteiger charge is 2.11. The second kappa shape index (κ2) is 6.63. The van der Waals surface area contributed by atoms with Crippen LogP contribution in [0.15, 0.2) is 54.6 Å². The zero-order valence-corrected chi connectivity index (χ0v) is 11.7. The molecule has 0 aliphatic heterocycles. The van der Waals surface area contributed by atoms with Gasteiger partial charge in [-0.25, -0.2) is 0 Å². The number of benzene rings is 2. The molecule has 0 spiro atoms. The zero-order chi connectivity index (χ0) is 14.4. The molecule has 0 radical (unpaired) electrons. The standard InChI is InChI=1S/C17H18N2O/c1-13(2)20-16-10-6-7-14(11-16)17(12-18)19-15-8-4-3-5-9-15/h3-11,13,17,19H,1-2H3. The van der Waals surface area contributed by atoms with Crippen LogP contribution in [0.2, 0.25) is 0 Å². The lowest BCUT2D eigenvalue weighted by atomic mass is 10.1. The fourth-order valence-electron chi connectivity index (χ4n) is 1.93. The van der Waals surface area contributed by atoms with Gasteiger partial charge in [0.15, 0.2) is 0 Å². The number of para-hydroxylation sites is 1. The van der Waals surface area contributed by atoms with Gasteiger partial charge in [-0.15, -0.1) is 0 Å². The third kappa shape index (κ3) is 3.76. The molecule has 1 unspecified atom stereocenters. The van der Waals surface area contributed by atoms with Crippen LogP contribution in [-0.4, -0.2) is 6.10 Å². The fourth-order valence-corrected chi connectivity index (χ4v) is 1.93. The van der Waals surface area contributed by atoms with Crippen molar-refractivity contribution in [1.29, 1.82) is 5.26 Å².